The number of urea groups is 1. The molecule has 2 saturated heterocycles. The molecule has 10 heteroatoms. The quantitative estimate of drug-likeness (QED) is 0.734. The van der Waals surface area contributed by atoms with E-state index in [0.717, 1.165) is 30.6 Å². The third kappa shape index (κ3) is 3.71. The molecule has 1 unspecified atom stereocenters. The maximum atomic E-state index is 13.3. The number of rotatable bonds is 2. The Bertz CT molecular complexity index is 1030. The lowest BCUT2D eigenvalue weighted by Crippen LogP contribution is -2.45. The number of carbonyl (C=O) groups excluding carboxylic acids is 1. The number of pyridine rings is 2. The van der Waals surface area contributed by atoms with Gasteiger partial charge in [-0.15, -0.1) is 0 Å². The van der Waals surface area contributed by atoms with E-state index in [-0.39, 0.29) is 25.2 Å². The van der Waals surface area contributed by atoms with Crippen LogP contribution >= 0.6 is 0 Å². The molecule has 0 bridgehead atoms. The molecule has 2 fully saturated rings. The van der Waals surface area contributed by atoms with Crippen LogP contribution in [0, 0.1) is 12.8 Å². The summed E-state index contributed by atoms with van der Waals surface area (Å²) >= 11 is 0. The summed E-state index contributed by atoms with van der Waals surface area (Å²) < 4.78 is 39.9. The first kappa shape index (κ1) is 20.8. The molecule has 3 aliphatic rings. The van der Waals surface area contributed by atoms with Crippen molar-refractivity contribution in [1.82, 2.24) is 9.97 Å². The second kappa shape index (κ2) is 7.83. The van der Waals surface area contributed by atoms with Gasteiger partial charge in [0.15, 0.2) is 5.82 Å². The Morgan fingerprint density at radius 3 is 2.75 bits per heavy atom. The minimum absolute atomic E-state index is 0.108. The molecule has 7 nitrogen and oxygen atoms in total. The molecule has 0 spiro atoms. The number of carbonyl (C=O) groups is 1. The molecule has 2 aromatic rings. The Balaban J connectivity index is 1.44. The van der Waals surface area contributed by atoms with E-state index in [1.54, 1.807) is 28.3 Å². The highest BCUT2D eigenvalue weighted by atomic mass is 19.4. The number of aromatic nitrogens is 2. The van der Waals surface area contributed by atoms with Crippen LogP contribution in [-0.2, 0) is 0 Å². The number of nitrogens with zero attached hydrogens (tertiary/aromatic N) is 5. The van der Waals surface area contributed by atoms with Gasteiger partial charge < -0.3 is 15.1 Å². The van der Waals surface area contributed by atoms with E-state index in [1.165, 1.54) is 0 Å². The van der Waals surface area contributed by atoms with Gasteiger partial charge in [0.2, 0.25) is 0 Å². The zero-order chi connectivity index (χ0) is 22.5. The lowest BCUT2D eigenvalue weighted by Gasteiger charge is -2.34. The normalized spacial score (nSPS) is 22.7. The summed E-state index contributed by atoms with van der Waals surface area (Å²) in [7, 11) is 0. The molecule has 2 aromatic heterocycles. The Labute approximate surface area is 184 Å². The average Bonchev–Trinajstić information content (AvgIpc) is 3.33. The van der Waals surface area contributed by atoms with Gasteiger partial charge in [0.05, 0.1) is 23.5 Å². The molecule has 32 heavy (non-hydrogen) atoms. The van der Waals surface area contributed by atoms with Crippen molar-refractivity contribution < 1.29 is 18.0 Å². The number of amides is 2. The van der Waals surface area contributed by atoms with Crippen LogP contribution in [0.15, 0.2) is 30.6 Å². The van der Waals surface area contributed by atoms with E-state index >= 15 is 0 Å². The fraction of sp³-hybridized carbons (Fsp3) is 0.500. The van der Waals surface area contributed by atoms with Gasteiger partial charge in [-0.2, -0.15) is 13.2 Å². The van der Waals surface area contributed by atoms with Crippen LogP contribution in [0.5, 0.6) is 0 Å². The average molecular weight is 446 g/mol. The highest BCUT2D eigenvalue weighted by molar-refractivity contribution is 6.06. The molecule has 0 aliphatic carbocycles. The predicted molar refractivity (Wildman–Crippen MR) is 116 cm³/mol. The van der Waals surface area contributed by atoms with Gasteiger partial charge in [-0.25, -0.2) is 9.78 Å². The minimum atomic E-state index is -4.22. The van der Waals surface area contributed by atoms with Crippen LogP contribution in [-0.4, -0.2) is 48.0 Å². The van der Waals surface area contributed by atoms with E-state index < -0.39 is 12.1 Å². The summed E-state index contributed by atoms with van der Waals surface area (Å²) in [5, 5.41) is 2.90. The first-order valence-corrected chi connectivity index (χ1v) is 10.9. The number of nitrogens with one attached hydrogen (secondary N) is 1. The van der Waals surface area contributed by atoms with Crippen molar-refractivity contribution >= 4 is 29.0 Å². The number of hydrogen-bond donors (Lipinski definition) is 1. The van der Waals surface area contributed by atoms with Gasteiger partial charge in [-0.05, 0) is 56.4 Å². The highest BCUT2D eigenvalue weighted by Gasteiger charge is 2.45. The van der Waals surface area contributed by atoms with Crippen molar-refractivity contribution in [3.8, 4) is 0 Å². The van der Waals surface area contributed by atoms with E-state index in [2.05, 4.69) is 15.2 Å². The zero-order valence-electron chi connectivity index (χ0n) is 17.8. The standard InChI is InChI=1S/C22H25F3N6O/c1-14-10-16(12-26-11-14)27-21(32)31-19-5-3-9-30(19)17-6-7-18(28-20(17)31)29-8-2-4-15(13-29)22(23,24)25/h6-7,10-12,15,19H,2-5,8-9,13H2,1H3,(H,27,32)/t15?,19-/m1/s1. The van der Waals surface area contributed by atoms with Gasteiger partial charge >= 0.3 is 12.2 Å². The monoisotopic (exact) mass is 446 g/mol. The zero-order valence-corrected chi connectivity index (χ0v) is 17.8. The molecule has 170 valence electrons. The lowest BCUT2D eigenvalue weighted by molar-refractivity contribution is -0.176. The fourth-order valence-electron chi connectivity index (χ4n) is 4.94. The van der Waals surface area contributed by atoms with Gasteiger partial charge in [-0.1, -0.05) is 0 Å². The molecule has 2 amide bonds. The number of piperidine rings is 1. The Kier molecular flexibility index (Phi) is 5.10. The molecule has 0 aromatic carbocycles. The third-order valence-electron chi connectivity index (χ3n) is 6.45. The summed E-state index contributed by atoms with van der Waals surface area (Å²) in [5.41, 5.74) is 2.36. The van der Waals surface area contributed by atoms with Crippen molar-refractivity contribution in [2.24, 2.45) is 5.92 Å². The summed E-state index contributed by atoms with van der Waals surface area (Å²) in [6.45, 7) is 3.12. The van der Waals surface area contributed by atoms with Crippen molar-refractivity contribution in [2.45, 2.75) is 44.9 Å². The van der Waals surface area contributed by atoms with Gasteiger partial charge in [0.25, 0.3) is 0 Å². The first-order valence-electron chi connectivity index (χ1n) is 10.9. The number of anilines is 4. The SMILES string of the molecule is Cc1cncc(NC(=O)N2c3nc(N4CCCC(C(F)(F)F)C4)ccc3N3CCC[C@H]32)c1. The van der Waals surface area contributed by atoms with Crippen LogP contribution in [0.2, 0.25) is 0 Å². The Morgan fingerprint density at radius 2 is 1.97 bits per heavy atom. The van der Waals surface area contributed by atoms with Gasteiger partial charge in [0.1, 0.15) is 12.0 Å². The molecule has 3 aliphatic heterocycles. The Hall–Kier alpha value is -3.04. The van der Waals surface area contributed by atoms with Crippen molar-refractivity contribution in [3.05, 3.63) is 36.2 Å². The lowest BCUT2D eigenvalue weighted by atomic mass is 9.97. The van der Waals surface area contributed by atoms with Crippen LogP contribution in [0.1, 0.15) is 31.2 Å². The third-order valence-corrected chi connectivity index (χ3v) is 6.45. The van der Waals surface area contributed by atoms with Crippen LogP contribution in [0.3, 0.4) is 0 Å². The topological polar surface area (TPSA) is 64.6 Å². The minimum Gasteiger partial charge on any atom is -0.356 e. The molecular weight excluding hydrogens is 421 g/mol. The number of hydrogen-bond acceptors (Lipinski definition) is 5. The number of alkyl halides is 3. The molecule has 5 heterocycles. The number of halogens is 3. The largest absolute Gasteiger partial charge is 0.393 e. The van der Waals surface area contributed by atoms with Crippen molar-refractivity contribution in [2.75, 3.05) is 39.7 Å². The fourth-order valence-corrected chi connectivity index (χ4v) is 4.94. The van der Waals surface area contributed by atoms with E-state index in [9.17, 15) is 18.0 Å². The smallest absolute Gasteiger partial charge is 0.356 e. The number of fused-ring (bicyclic) bond motifs is 3. The molecule has 0 saturated carbocycles. The highest BCUT2D eigenvalue weighted by Crippen LogP contribution is 2.44. The maximum Gasteiger partial charge on any atom is 0.393 e. The summed E-state index contributed by atoms with van der Waals surface area (Å²) in [6.07, 6.45) is 1.30. The summed E-state index contributed by atoms with van der Waals surface area (Å²) in [5.74, 6) is -0.379. The first-order chi connectivity index (χ1) is 15.3. The second-order valence-electron chi connectivity index (χ2n) is 8.71. The molecule has 1 N–H and O–H groups in total. The van der Waals surface area contributed by atoms with E-state index in [1.807, 2.05) is 19.1 Å². The molecule has 2 atom stereocenters. The van der Waals surface area contributed by atoms with Crippen LogP contribution in [0.4, 0.5) is 41.0 Å². The number of aryl methyl sites for hydroxylation is 1. The summed E-state index contributed by atoms with van der Waals surface area (Å²) in [6, 6.07) is 5.18. The van der Waals surface area contributed by atoms with Gasteiger partial charge in [-0.3, -0.25) is 9.88 Å². The summed E-state index contributed by atoms with van der Waals surface area (Å²) in [4.78, 5) is 27.6. The van der Waals surface area contributed by atoms with E-state index in [0.29, 0.717) is 30.3 Å². The molecular formula is C22H25F3N6O. The van der Waals surface area contributed by atoms with Crippen molar-refractivity contribution in [3.63, 3.8) is 0 Å². The predicted octanol–water partition coefficient (Wildman–Crippen LogP) is 4.54. The van der Waals surface area contributed by atoms with Crippen LogP contribution in [0.25, 0.3) is 0 Å². The molecule has 5 rings (SSSR count). The van der Waals surface area contributed by atoms with Crippen LogP contribution < -0.4 is 20.0 Å². The van der Waals surface area contributed by atoms with Crippen molar-refractivity contribution in [1.29, 1.82) is 0 Å². The Morgan fingerprint density at radius 1 is 1.16 bits per heavy atom. The molecule has 0 radical (unpaired) electrons. The maximum absolute atomic E-state index is 13.3. The van der Waals surface area contributed by atoms with E-state index in [4.69, 9.17) is 4.98 Å². The van der Waals surface area contributed by atoms with Gasteiger partial charge in [0, 0.05) is 25.8 Å². The second-order valence-corrected chi connectivity index (χ2v) is 8.71.